The lowest BCUT2D eigenvalue weighted by molar-refractivity contribution is -0.120. The van der Waals surface area contributed by atoms with Gasteiger partial charge in [-0.3, -0.25) is 4.79 Å². The minimum Gasteiger partial charge on any atom is -0.360 e. The van der Waals surface area contributed by atoms with Crippen molar-refractivity contribution in [3.8, 4) is 11.6 Å². The van der Waals surface area contributed by atoms with Crippen LogP contribution in [0.2, 0.25) is 0 Å². The summed E-state index contributed by atoms with van der Waals surface area (Å²) in [5.74, 6) is 0.886. The Balaban J connectivity index is 1.43. The van der Waals surface area contributed by atoms with E-state index < -0.39 is 5.95 Å². The first-order chi connectivity index (χ1) is 15.1. The fourth-order valence-electron chi connectivity index (χ4n) is 4.06. The van der Waals surface area contributed by atoms with Gasteiger partial charge in [0, 0.05) is 68.0 Å². The van der Waals surface area contributed by atoms with Crippen LogP contribution in [0.3, 0.4) is 0 Å². The van der Waals surface area contributed by atoms with Gasteiger partial charge in [0.2, 0.25) is 11.9 Å². The number of piperazine rings is 1. The van der Waals surface area contributed by atoms with Crippen molar-refractivity contribution in [2.45, 2.75) is 19.4 Å². The number of nitrogens with zero attached hydrogens (tertiary/aromatic N) is 7. The molecule has 5 heterocycles. The van der Waals surface area contributed by atoms with Crippen LogP contribution < -0.4 is 15.1 Å². The van der Waals surface area contributed by atoms with E-state index in [1.54, 1.807) is 24.7 Å². The number of rotatable bonds is 3. The van der Waals surface area contributed by atoms with E-state index in [0.29, 0.717) is 49.2 Å². The Morgan fingerprint density at radius 2 is 1.94 bits per heavy atom. The molecule has 0 bridgehead atoms. The third-order valence-electron chi connectivity index (χ3n) is 5.64. The van der Waals surface area contributed by atoms with Crippen LogP contribution in [0, 0.1) is 5.95 Å². The number of carbonyl (C=O) groups excluding carboxylic acids is 1. The molecule has 1 amide bonds. The number of hydrogen-bond donors (Lipinski definition) is 1. The van der Waals surface area contributed by atoms with Gasteiger partial charge in [0.05, 0.1) is 18.3 Å². The van der Waals surface area contributed by atoms with Crippen LogP contribution in [0.5, 0.6) is 0 Å². The van der Waals surface area contributed by atoms with E-state index in [4.69, 9.17) is 0 Å². The average Bonchev–Trinajstić information content (AvgIpc) is 2.79. The molecule has 1 fully saturated rings. The third-order valence-corrected chi connectivity index (χ3v) is 5.64. The van der Waals surface area contributed by atoms with Gasteiger partial charge in [-0.25, -0.2) is 24.9 Å². The lowest BCUT2D eigenvalue weighted by atomic mass is 9.99. The maximum Gasteiger partial charge on any atom is 0.239 e. The van der Waals surface area contributed by atoms with Crippen LogP contribution >= 0.6 is 0 Å². The van der Waals surface area contributed by atoms with Crippen molar-refractivity contribution in [2.75, 3.05) is 36.0 Å². The Bertz CT molecular complexity index is 1130. The number of nitrogens with one attached hydrogen (secondary N) is 1. The molecule has 0 radical (unpaired) electrons. The smallest absolute Gasteiger partial charge is 0.239 e. The predicted octanol–water partition coefficient (Wildman–Crippen LogP) is 1.53. The molecule has 1 N–H and O–H groups in total. The molecule has 1 atom stereocenters. The van der Waals surface area contributed by atoms with Crippen LogP contribution in [-0.4, -0.2) is 57.0 Å². The predicted molar refractivity (Wildman–Crippen MR) is 112 cm³/mol. The van der Waals surface area contributed by atoms with E-state index in [0.717, 1.165) is 11.3 Å². The minimum absolute atomic E-state index is 0.0689. The largest absolute Gasteiger partial charge is 0.360 e. The second kappa shape index (κ2) is 7.86. The van der Waals surface area contributed by atoms with Crippen molar-refractivity contribution < 1.29 is 9.18 Å². The monoisotopic (exact) mass is 420 g/mol. The Hall–Kier alpha value is -3.69. The van der Waals surface area contributed by atoms with Crippen molar-refractivity contribution >= 4 is 17.4 Å². The summed E-state index contributed by atoms with van der Waals surface area (Å²) in [6.45, 7) is 4.04. The molecule has 31 heavy (non-hydrogen) atoms. The molecule has 158 valence electrons. The summed E-state index contributed by atoms with van der Waals surface area (Å²) in [4.78, 5) is 37.3. The number of fused-ring (bicyclic) bond motifs is 1. The van der Waals surface area contributed by atoms with Gasteiger partial charge in [0.1, 0.15) is 5.82 Å². The number of carbonyl (C=O) groups is 1. The first kappa shape index (κ1) is 19.3. The molecule has 0 spiro atoms. The fraction of sp³-hybridized carbons (Fsp3) is 0.333. The number of hydrogen-bond acceptors (Lipinski definition) is 8. The van der Waals surface area contributed by atoms with Crippen LogP contribution in [0.25, 0.3) is 11.6 Å². The molecule has 1 unspecified atom stereocenters. The summed E-state index contributed by atoms with van der Waals surface area (Å²) < 4.78 is 14.4. The molecule has 3 aromatic heterocycles. The second-order valence-electron chi connectivity index (χ2n) is 7.57. The normalized spacial score (nSPS) is 18.5. The molecule has 2 aliphatic rings. The van der Waals surface area contributed by atoms with Crippen LogP contribution in [0.4, 0.5) is 15.9 Å². The Kier molecular flexibility index (Phi) is 4.89. The number of aromatic nitrogens is 5. The zero-order chi connectivity index (χ0) is 21.4. The molecule has 5 rings (SSSR count). The zero-order valence-electron chi connectivity index (χ0n) is 17.0. The highest BCUT2D eigenvalue weighted by Gasteiger charge is 2.28. The lowest BCUT2D eigenvalue weighted by Gasteiger charge is -2.36. The van der Waals surface area contributed by atoms with E-state index >= 15 is 0 Å². The van der Waals surface area contributed by atoms with Crippen molar-refractivity contribution in [3.63, 3.8) is 0 Å². The quantitative estimate of drug-likeness (QED) is 0.637. The molecule has 0 aromatic carbocycles. The van der Waals surface area contributed by atoms with Gasteiger partial charge in [-0.2, -0.15) is 4.39 Å². The summed E-state index contributed by atoms with van der Waals surface area (Å²) >= 11 is 0. The van der Waals surface area contributed by atoms with Gasteiger partial charge in [0.15, 0.2) is 11.6 Å². The second-order valence-corrected chi connectivity index (χ2v) is 7.57. The van der Waals surface area contributed by atoms with E-state index in [1.165, 1.54) is 6.07 Å². The fourth-order valence-corrected chi connectivity index (χ4v) is 4.06. The van der Waals surface area contributed by atoms with Gasteiger partial charge >= 0.3 is 0 Å². The molecule has 3 aromatic rings. The third kappa shape index (κ3) is 3.76. The summed E-state index contributed by atoms with van der Waals surface area (Å²) in [7, 11) is 0. The molecular formula is C21H21FN8O. The number of halogens is 1. The Labute approximate surface area is 178 Å². The van der Waals surface area contributed by atoms with Crippen molar-refractivity contribution in [1.82, 2.24) is 30.2 Å². The molecular weight excluding hydrogens is 399 g/mol. The molecule has 9 nitrogen and oxygen atoms in total. The Morgan fingerprint density at radius 3 is 2.74 bits per heavy atom. The van der Waals surface area contributed by atoms with Crippen molar-refractivity contribution in [3.05, 3.63) is 54.0 Å². The highest BCUT2D eigenvalue weighted by Crippen LogP contribution is 2.33. The Morgan fingerprint density at radius 1 is 1.10 bits per heavy atom. The number of amides is 1. The molecule has 0 aliphatic carbocycles. The lowest BCUT2D eigenvalue weighted by Crippen LogP contribution is -2.47. The van der Waals surface area contributed by atoms with Crippen molar-refractivity contribution in [2.24, 2.45) is 0 Å². The molecule has 1 saturated heterocycles. The first-order valence-electron chi connectivity index (χ1n) is 10.2. The molecule has 2 aliphatic heterocycles. The van der Waals surface area contributed by atoms with Gasteiger partial charge in [-0.15, -0.1) is 0 Å². The maximum atomic E-state index is 14.4. The van der Waals surface area contributed by atoms with Crippen LogP contribution in [-0.2, 0) is 11.2 Å². The van der Waals surface area contributed by atoms with Gasteiger partial charge in [-0.1, -0.05) is 0 Å². The number of pyridine rings is 1. The van der Waals surface area contributed by atoms with E-state index in [-0.39, 0.29) is 18.5 Å². The standard InChI is InChI=1S/C21H21FN8O/c1-13-15-11-26-21(20-24-4-2-5-25-20)27-16(15)3-7-30(13)18-10-14(9-17(22)28-18)29-8-6-23-19(31)12-29/h2,4-5,9-11,13H,3,6-8,12H2,1H3,(H,23,31). The summed E-state index contributed by atoms with van der Waals surface area (Å²) in [6, 6.07) is 4.88. The van der Waals surface area contributed by atoms with Crippen LogP contribution in [0.15, 0.2) is 36.8 Å². The maximum absolute atomic E-state index is 14.4. The summed E-state index contributed by atoms with van der Waals surface area (Å²) in [5.41, 5.74) is 2.56. The first-order valence-corrected chi connectivity index (χ1v) is 10.2. The van der Waals surface area contributed by atoms with E-state index in [2.05, 4.69) is 30.2 Å². The van der Waals surface area contributed by atoms with E-state index in [1.807, 2.05) is 22.8 Å². The average molecular weight is 420 g/mol. The minimum atomic E-state index is -0.565. The summed E-state index contributed by atoms with van der Waals surface area (Å²) in [6.07, 6.45) is 5.78. The summed E-state index contributed by atoms with van der Waals surface area (Å²) in [5, 5.41) is 2.79. The number of anilines is 2. The topological polar surface area (TPSA) is 100 Å². The van der Waals surface area contributed by atoms with Gasteiger partial charge in [-0.05, 0) is 13.0 Å². The highest BCUT2D eigenvalue weighted by molar-refractivity contribution is 5.82. The van der Waals surface area contributed by atoms with Crippen molar-refractivity contribution in [1.29, 1.82) is 0 Å². The molecule has 10 heteroatoms. The van der Waals surface area contributed by atoms with E-state index in [9.17, 15) is 9.18 Å². The highest BCUT2D eigenvalue weighted by atomic mass is 19.1. The SMILES string of the molecule is CC1c2cnc(-c3ncccn3)nc2CCN1c1cc(N2CCNC(=O)C2)cc(F)n1. The van der Waals surface area contributed by atoms with Gasteiger partial charge in [0.25, 0.3) is 0 Å². The van der Waals surface area contributed by atoms with Gasteiger partial charge < -0.3 is 15.1 Å². The zero-order valence-corrected chi connectivity index (χ0v) is 17.0. The van der Waals surface area contributed by atoms with Crippen LogP contribution in [0.1, 0.15) is 24.2 Å². The molecule has 0 saturated carbocycles.